The molecule has 0 saturated carbocycles. The summed E-state index contributed by atoms with van der Waals surface area (Å²) in [7, 11) is 0. The third-order valence-corrected chi connectivity index (χ3v) is 5.58. The number of hydrogen-bond acceptors (Lipinski definition) is 1. The van der Waals surface area contributed by atoms with Crippen LogP contribution in [-0.2, 0) is 13.1 Å². The van der Waals surface area contributed by atoms with Gasteiger partial charge in [0.2, 0.25) is 0 Å². The molecule has 0 fully saturated rings. The third kappa shape index (κ3) is 10.7. The Kier molecular flexibility index (Phi) is 12.4. The maximum absolute atomic E-state index is 2.61. The minimum Gasteiger partial charge on any atom is -0.295 e. The van der Waals surface area contributed by atoms with Crippen molar-refractivity contribution in [2.24, 2.45) is 0 Å². The lowest BCUT2D eigenvalue weighted by Crippen LogP contribution is -2.24. The summed E-state index contributed by atoms with van der Waals surface area (Å²) in [4.78, 5) is 2.61. The average molecular weight is 380 g/mol. The summed E-state index contributed by atoms with van der Waals surface area (Å²) >= 11 is 0. The van der Waals surface area contributed by atoms with Gasteiger partial charge in [0.1, 0.15) is 0 Å². The summed E-state index contributed by atoms with van der Waals surface area (Å²) in [6, 6.07) is 21.8. The molecule has 0 aliphatic heterocycles. The Morgan fingerprint density at radius 1 is 0.500 bits per heavy atom. The molecule has 0 amide bonds. The topological polar surface area (TPSA) is 3.24 Å². The van der Waals surface area contributed by atoms with E-state index < -0.39 is 0 Å². The van der Waals surface area contributed by atoms with Crippen molar-refractivity contribution in [2.45, 2.75) is 90.6 Å². The number of rotatable bonds is 16. The van der Waals surface area contributed by atoms with Gasteiger partial charge in [0, 0.05) is 13.1 Å². The van der Waals surface area contributed by atoms with Gasteiger partial charge in [-0.05, 0) is 24.1 Å². The second-order valence-corrected chi connectivity index (χ2v) is 8.22. The summed E-state index contributed by atoms with van der Waals surface area (Å²) in [5.41, 5.74) is 2.84. The Morgan fingerprint density at radius 2 is 0.893 bits per heavy atom. The van der Waals surface area contributed by atoms with E-state index in [1.807, 2.05) is 0 Å². The molecule has 0 saturated heterocycles. The van der Waals surface area contributed by atoms with Crippen LogP contribution in [0.1, 0.15) is 88.7 Å². The predicted molar refractivity (Wildman–Crippen MR) is 123 cm³/mol. The fourth-order valence-electron chi connectivity index (χ4n) is 3.90. The maximum Gasteiger partial charge on any atom is 0.0237 e. The fourth-order valence-corrected chi connectivity index (χ4v) is 3.90. The number of benzene rings is 2. The molecule has 0 heterocycles. The van der Waals surface area contributed by atoms with E-state index in [9.17, 15) is 0 Å². The Labute approximate surface area is 174 Å². The van der Waals surface area contributed by atoms with E-state index in [-0.39, 0.29) is 0 Å². The molecule has 0 atom stereocenters. The molecule has 0 radical (unpaired) electrons. The van der Waals surface area contributed by atoms with E-state index >= 15 is 0 Å². The first kappa shape index (κ1) is 22.7. The summed E-state index contributed by atoms with van der Waals surface area (Å²) in [5.74, 6) is 0. The highest BCUT2D eigenvalue weighted by Crippen LogP contribution is 2.14. The van der Waals surface area contributed by atoms with E-state index in [1.165, 1.54) is 88.3 Å². The molecule has 0 bridgehead atoms. The Hall–Kier alpha value is -1.60. The van der Waals surface area contributed by atoms with Crippen LogP contribution in [0.2, 0.25) is 0 Å². The molecule has 2 rings (SSSR count). The minimum absolute atomic E-state index is 1.05. The molecule has 1 nitrogen and oxygen atoms in total. The first-order valence-electron chi connectivity index (χ1n) is 11.7. The van der Waals surface area contributed by atoms with Crippen molar-refractivity contribution in [3.63, 3.8) is 0 Å². The van der Waals surface area contributed by atoms with E-state index in [0.717, 1.165) is 13.1 Å². The summed E-state index contributed by atoms with van der Waals surface area (Å²) in [5, 5.41) is 0. The van der Waals surface area contributed by atoms with E-state index in [4.69, 9.17) is 0 Å². The first-order valence-corrected chi connectivity index (χ1v) is 11.7. The quantitative estimate of drug-likeness (QED) is 0.267. The van der Waals surface area contributed by atoms with Crippen LogP contribution in [0, 0.1) is 0 Å². The van der Waals surface area contributed by atoms with Gasteiger partial charge >= 0.3 is 0 Å². The molecule has 0 aliphatic rings. The minimum atomic E-state index is 1.05. The van der Waals surface area contributed by atoms with Gasteiger partial charge in [0.25, 0.3) is 0 Å². The van der Waals surface area contributed by atoms with Crippen LogP contribution in [0.4, 0.5) is 0 Å². The highest BCUT2D eigenvalue weighted by atomic mass is 15.1. The zero-order valence-corrected chi connectivity index (χ0v) is 18.1. The molecule has 0 N–H and O–H groups in total. The molecule has 0 aromatic heterocycles. The normalized spacial score (nSPS) is 11.2. The van der Waals surface area contributed by atoms with Crippen molar-refractivity contribution >= 4 is 0 Å². The highest BCUT2D eigenvalue weighted by Gasteiger charge is 2.07. The maximum atomic E-state index is 2.61. The monoisotopic (exact) mass is 379 g/mol. The molecule has 0 aliphatic carbocycles. The molecule has 1 heteroatoms. The van der Waals surface area contributed by atoms with Crippen LogP contribution >= 0.6 is 0 Å². The van der Waals surface area contributed by atoms with Crippen LogP contribution < -0.4 is 0 Å². The second-order valence-electron chi connectivity index (χ2n) is 8.22. The lowest BCUT2D eigenvalue weighted by Gasteiger charge is -2.22. The van der Waals surface area contributed by atoms with E-state index in [0.29, 0.717) is 0 Å². The van der Waals surface area contributed by atoms with Gasteiger partial charge < -0.3 is 0 Å². The van der Waals surface area contributed by atoms with Crippen LogP contribution in [0.25, 0.3) is 0 Å². The Morgan fingerprint density at radius 3 is 1.32 bits per heavy atom. The smallest absolute Gasteiger partial charge is 0.0237 e. The highest BCUT2D eigenvalue weighted by molar-refractivity contribution is 5.17. The van der Waals surface area contributed by atoms with Gasteiger partial charge in [-0.15, -0.1) is 0 Å². The molecule has 0 spiro atoms. The van der Waals surface area contributed by atoms with Crippen molar-refractivity contribution in [1.82, 2.24) is 4.90 Å². The van der Waals surface area contributed by atoms with Crippen molar-refractivity contribution < 1.29 is 0 Å². The zero-order chi connectivity index (χ0) is 19.7. The lowest BCUT2D eigenvalue weighted by molar-refractivity contribution is 0.250. The predicted octanol–water partition coefficient (Wildman–Crippen LogP) is 8.00. The molecule has 154 valence electrons. The SMILES string of the molecule is CCCCCCCCCCCCCN(Cc1ccccc1)Cc1ccccc1. The Bertz CT molecular complexity index is 536. The number of hydrogen-bond donors (Lipinski definition) is 0. The van der Waals surface area contributed by atoms with Gasteiger partial charge in [-0.25, -0.2) is 0 Å². The second kappa shape index (κ2) is 15.3. The number of unbranched alkanes of at least 4 members (excludes halogenated alkanes) is 10. The summed E-state index contributed by atoms with van der Waals surface area (Å²) in [6.07, 6.45) is 15.5. The first-order chi connectivity index (χ1) is 13.9. The molecular formula is C27H41N. The van der Waals surface area contributed by atoms with E-state index in [1.54, 1.807) is 0 Å². The molecule has 2 aromatic carbocycles. The average Bonchev–Trinajstić information content (AvgIpc) is 2.73. The largest absolute Gasteiger partial charge is 0.295 e. The van der Waals surface area contributed by atoms with Gasteiger partial charge in [-0.3, -0.25) is 4.90 Å². The number of nitrogens with zero attached hydrogens (tertiary/aromatic N) is 1. The standard InChI is InChI=1S/C27H41N/c1-2-3-4-5-6-7-8-9-10-11-18-23-28(24-26-19-14-12-15-20-26)25-27-21-16-13-17-22-27/h12-17,19-22H,2-11,18,23-25H2,1H3. The molecule has 0 unspecified atom stereocenters. The fraction of sp³-hybridized carbons (Fsp3) is 0.556. The summed E-state index contributed by atoms with van der Waals surface area (Å²) < 4.78 is 0. The molecule has 2 aromatic rings. The molecule has 28 heavy (non-hydrogen) atoms. The van der Waals surface area contributed by atoms with Crippen LogP contribution in [0.15, 0.2) is 60.7 Å². The lowest BCUT2D eigenvalue weighted by atomic mass is 10.1. The Balaban J connectivity index is 1.62. The van der Waals surface area contributed by atoms with Crippen molar-refractivity contribution in [3.05, 3.63) is 71.8 Å². The van der Waals surface area contributed by atoms with Crippen LogP contribution in [-0.4, -0.2) is 11.4 Å². The van der Waals surface area contributed by atoms with Crippen molar-refractivity contribution in [1.29, 1.82) is 0 Å². The van der Waals surface area contributed by atoms with Crippen LogP contribution in [0.5, 0.6) is 0 Å². The third-order valence-electron chi connectivity index (χ3n) is 5.58. The van der Waals surface area contributed by atoms with Gasteiger partial charge in [0.15, 0.2) is 0 Å². The van der Waals surface area contributed by atoms with E-state index in [2.05, 4.69) is 72.5 Å². The van der Waals surface area contributed by atoms with Gasteiger partial charge in [-0.2, -0.15) is 0 Å². The summed E-state index contributed by atoms with van der Waals surface area (Å²) in [6.45, 7) is 5.59. The van der Waals surface area contributed by atoms with Gasteiger partial charge in [-0.1, -0.05) is 132 Å². The molecular weight excluding hydrogens is 338 g/mol. The van der Waals surface area contributed by atoms with Gasteiger partial charge in [0.05, 0.1) is 0 Å². The zero-order valence-electron chi connectivity index (χ0n) is 18.1. The van der Waals surface area contributed by atoms with Crippen molar-refractivity contribution in [3.8, 4) is 0 Å². The van der Waals surface area contributed by atoms with Crippen molar-refractivity contribution in [2.75, 3.05) is 6.54 Å². The van der Waals surface area contributed by atoms with Crippen LogP contribution in [0.3, 0.4) is 0 Å².